The highest BCUT2D eigenvalue weighted by Crippen LogP contribution is 2.17. The summed E-state index contributed by atoms with van der Waals surface area (Å²) in [5.41, 5.74) is 0.156. The van der Waals surface area contributed by atoms with Gasteiger partial charge in [0.2, 0.25) is 10.0 Å². The minimum atomic E-state index is -3.64. The lowest BCUT2D eigenvalue weighted by atomic mass is 9.96. The molecule has 4 amide bonds. The second-order valence-electron chi connectivity index (χ2n) is 7.81. The Kier molecular flexibility index (Phi) is 10.5. The Balaban J connectivity index is 1.74. The number of esters is 1. The molecule has 1 aromatic carbocycles. The van der Waals surface area contributed by atoms with Gasteiger partial charge < -0.3 is 15.4 Å². The molecular weight excluding hydrogens is 464 g/mol. The molecule has 1 aromatic rings. The van der Waals surface area contributed by atoms with Crippen molar-refractivity contribution >= 4 is 33.8 Å². The number of urea groups is 1. The molecular formula is C22H32N4O7S. The smallest absolute Gasteiger partial charge is 0.325 e. The molecule has 2 rings (SSSR count). The quantitative estimate of drug-likeness (QED) is 0.411. The molecule has 0 bridgehead atoms. The first-order valence-electron chi connectivity index (χ1n) is 11.3. The Hall–Kier alpha value is -2.99. The average Bonchev–Trinajstić information content (AvgIpc) is 2.82. The van der Waals surface area contributed by atoms with E-state index in [-0.39, 0.29) is 16.5 Å². The van der Waals surface area contributed by atoms with E-state index in [1.54, 1.807) is 13.8 Å². The monoisotopic (exact) mass is 496 g/mol. The molecule has 11 nitrogen and oxygen atoms in total. The number of imide groups is 1. The van der Waals surface area contributed by atoms with E-state index < -0.39 is 47.0 Å². The van der Waals surface area contributed by atoms with Gasteiger partial charge in [-0.3, -0.25) is 19.7 Å². The van der Waals surface area contributed by atoms with Crippen molar-refractivity contribution in [1.29, 1.82) is 0 Å². The zero-order valence-corrected chi connectivity index (χ0v) is 20.3. The van der Waals surface area contributed by atoms with E-state index in [1.807, 2.05) is 0 Å². The van der Waals surface area contributed by atoms with Crippen LogP contribution in [-0.4, -0.2) is 68.8 Å². The summed E-state index contributed by atoms with van der Waals surface area (Å²) in [4.78, 5) is 47.7. The number of hydrogen-bond acceptors (Lipinski definition) is 7. The highest BCUT2D eigenvalue weighted by molar-refractivity contribution is 7.89. The minimum absolute atomic E-state index is 0.0331. The molecule has 0 aliphatic heterocycles. The summed E-state index contributed by atoms with van der Waals surface area (Å²) in [5, 5.41) is 7.15. The SMILES string of the molecule is CCN(CC)S(=O)(=O)c1ccc(C(=O)NCC(=O)OCC(=O)NC(=O)NC2CCCCC2)cc1. The summed E-state index contributed by atoms with van der Waals surface area (Å²) in [6, 6.07) is 4.73. The largest absolute Gasteiger partial charge is 0.454 e. The van der Waals surface area contributed by atoms with Crippen LogP contribution in [-0.2, 0) is 24.3 Å². The Bertz CT molecular complexity index is 969. The number of nitrogens with one attached hydrogen (secondary N) is 3. The number of ether oxygens (including phenoxy) is 1. The van der Waals surface area contributed by atoms with E-state index in [4.69, 9.17) is 4.74 Å². The van der Waals surface area contributed by atoms with Crippen molar-refractivity contribution < 1.29 is 32.3 Å². The van der Waals surface area contributed by atoms with E-state index in [0.29, 0.717) is 13.1 Å². The van der Waals surface area contributed by atoms with Gasteiger partial charge in [0.25, 0.3) is 11.8 Å². The number of carbonyl (C=O) groups excluding carboxylic acids is 4. The summed E-state index contributed by atoms with van der Waals surface area (Å²) < 4.78 is 31.0. The van der Waals surface area contributed by atoms with Crippen molar-refractivity contribution in [2.75, 3.05) is 26.2 Å². The molecule has 12 heteroatoms. The van der Waals surface area contributed by atoms with Crippen LogP contribution in [0.1, 0.15) is 56.3 Å². The van der Waals surface area contributed by atoms with Gasteiger partial charge in [-0.25, -0.2) is 13.2 Å². The van der Waals surface area contributed by atoms with Crippen LogP contribution in [0.25, 0.3) is 0 Å². The summed E-state index contributed by atoms with van der Waals surface area (Å²) >= 11 is 0. The first-order valence-corrected chi connectivity index (χ1v) is 12.8. The molecule has 1 aliphatic rings. The lowest BCUT2D eigenvalue weighted by Gasteiger charge is -2.22. The van der Waals surface area contributed by atoms with Gasteiger partial charge in [-0.05, 0) is 37.1 Å². The standard InChI is InChI=1S/C22H32N4O7S/c1-3-26(4-2)34(31,32)18-12-10-16(11-13-18)21(29)23-14-20(28)33-15-19(27)25-22(30)24-17-8-6-5-7-9-17/h10-13,17H,3-9,14-15H2,1-2H3,(H,23,29)(H2,24,25,27,30). The van der Waals surface area contributed by atoms with Gasteiger partial charge in [0.05, 0.1) is 4.90 Å². The Morgan fingerprint density at radius 3 is 2.21 bits per heavy atom. The van der Waals surface area contributed by atoms with E-state index >= 15 is 0 Å². The van der Waals surface area contributed by atoms with Crippen LogP contribution >= 0.6 is 0 Å². The number of sulfonamides is 1. The Morgan fingerprint density at radius 2 is 1.62 bits per heavy atom. The fourth-order valence-electron chi connectivity index (χ4n) is 3.57. The van der Waals surface area contributed by atoms with E-state index in [0.717, 1.165) is 32.1 Å². The maximum Gasteiger partial charge on any atom is 0.325 e. The van der Waals surface area contributed by atoms with Crippen molar-refractivity contribution in [2.24, 2.45) is 0 Å². The summed E-state index contributed by atoms with van der Waals surface area (Å²) in [6.45, 7) is 2.96. The topological polar surface area (TPSA) is 151 Å². The van der Waals surface area contributed by atoms with Gasteiger partial charge in [0.1, 0.15) is 6.54 Å². The highest BCUT2D eigenvalue weighted by atomic mass is 32.2. The van der Waals surface area contributed by atoms with Crippen LogP contribution in [0.15, 0.2) is 29.2 Å². The molecule has 0 heterocycles. The summed E-state index contributed by atoms with van der Waals surface area (Å²) in [6.07, 6.45) is 4.92. The fourth-order valence-corrected chi connectivity index (χ4v) is 5.03. The summed E-state index contributed by atoms with van der Waals surface area (Å²) in [7, 11) is -3.64. The third-order valence-electron chi connectivity index (χ3n) is 5.41. The second kappa shape index (κ2) is 13.0. The van der Waals surface area contributed by atoms with Crippen molar-refractivity contribution in [3.05, 3.63) is 29.8 Å². The van der Waals surface area contributed by atoms with Gasteiger partial charge in [-0.2, -0.15) is 4.31 Å². The average molecular weight is 497 g/mol. The number of carbonyl (C=O) groups is 4. The van der Waals surface area contributed by atoms with E-state index in [1.165, 1.54) is 28.6 Å². The van der Waals surface area contributed by atoms with E-state index in [2.05, 4.69) is 16.0 Å². The molecule has 1 saturated carbocycles. The third kappa shape index (κ3) is 8.10. The fraction of sp³-hybridized carbons (Fsp3) is 0.545. The molecule has 0 unspecified atom stereocenters. The predicted octanol–water partition coefficient (Wildman–Crippen LogP) is 1.15. The lowest BCUT2D eigenvalue weighted by molar-refractivity contribution is -0.147. The zero-order chi connectivity index (χ0) is 25.1. The first-order chi connectivity index (χ1) is 16.2. The molecule has 34 heavy (non-hydrogen) atoms. The Labute approximate surface area is 199 Å². The molecule has 0 saturated heterocycles. The molecule has 1 aliphatic carbocycles. The van der Waals surface area contributed by atoms with Gasteiger partial charge in [0.15, 0.2) is 6.61 Å². The van der Waals surface area contributed by atoms with Crippen LogP contribution in [0, 0.1) is 0 Å². The lowest BCUT2D eigenvalue weighted by Crippen LogP contribution is -2.46. The van der Waals surface area contributed by atoms with Crippen LogP contribution in [0.4, 0.5) is 4.79 Å². The molecule has 1 fully saturated rings. The molecule has 0 spiro atoms. The van der Waals surface area contributed by atoms with Crippen LogP contribution in [0.2, 0.25) is 0 Å². The van der Waals surface area contributed by atoms with Crippen molar-refractivity contribution in [3.63, 3.8) is 0 Å². The van der Waals surface area contributed by atoms with Crippen molar-refractivity contribution in [1.82, 2.24) is 20.3 Å². The van der Waals surface area contributed by atoms with Gasteiger partial charge in [-0.15, -0.1) is 0 Å². The number of nitrogens with zero attached hydrogens (tertiary/aromatic N) is 1. The van der Waals surface area contributed by atoms with Crippen LogP contribution < -0.4 is 16.0 Å². The van der Waals surface area contributed by atoms with Crippen LogP contribution in [0.5, 0.6) is 0 Å². The second-order valence-corrected chi connectivity index (χ2v) is 9.75. The third-order valence-corrected chi connectivity index (χ3v) is 7.47. The van der Waals surface area contributed by atoms with Gasteiger partial charge >= 0.3 is 12.0 Å². The van der Waals surface area contributed by atoms with Gasteiger partial charge in [-0.1, -0.05) is 33.1 Å². The van der Waals surface area contributed by atoms with E-state index in [9.17, 15) is 27.6 Å². The normalized spacial score (nSPS) is 14.3. The molecule has 0 aromatic heterocycles. The number of hydrogen-bond donors (Lipinski definition) is 3. The molecule has 0 radical (unpaired) electrons. The summed E-state index contributed by atoms with van der Waals surface area (Å²) in [5.74, 6) is -2.25. The maximum absolute atomic E-state index is 12.5. The number of rotatable bonds is 10. The molecule has 3 N–H and O–H groups in total. The predicted molar refractivity (Wildman–Crippen MR) is 123 cm³/mol. The molecule has 0 atom stereocenters. The van der Waals surface area contributed by atoms with Crippen LogP contribution in [0.3, 0.4) is 0 Å². The number of amides is 4. The van der Waals surface area contributed by atoms with Crippen molar-refractivity contribution in [2.45, 2.75) is 56.9 Å². The molecule has 188 valence electrons. The van der Waals surface area contributed by atoms with Gasteiger partial charge in [0, 0.05) is 24.7 Å². The number of benzene rings is 1. The highest BCUT2D eigenvalue weighted by Gasteiger charge is 2.22. The maximum atomic E-state index is 12.5. The van der Waals surface area contributed by atoms with Crippen molar-refractivity contribution in [3.8, 4) is 0 Å². The zero-order valence-electron chi connectivity index (χ0n) is 19.5. The first kappa shape index (κ1) is 27.3. The minimum Gasteiger partial charge on any atom is -0.454 e. The Morgan fingerprint density at radius 1 is 1.00 bits per heavy atom.